The Hall–Kier alpha value is -4.39. The molecule has 0 radical (unpaired) electrons. The SMILES string of the molecule is O=C(/C=C/c1cn(-c2ccccc2)nc1-c1ccccc1)NC1CCN(C(=O)c2ccoc2)CC1. The van der Waals surface area contributed by atoms with Gasteiger partial charge in [-0.25, -0.2) is 4.68 Å². The number of piperidine rings is 1. The molecule has 5 rings (SSSR count). The zero-order valence-corrected chi connectivity index (χ0v) is 19.2. The van der Waals surface area contributed by atoms with Gasteiger partial charge in [-0.05, 0) is 37.1 Å². The number of nitrogens with zero attached hydrogens (tertiary/aromatic N) is 3. The number of rotatable bonds is 6. The highest BCUT2D eigenvalue weighted by Gasteiger charge is 2.24. The Balaban J connectivity index is 1.25. The van der Waals surface area contributed by atoms with Gasteiger partial charge in [0.15, 0.2) is 0 Å². The fraction of sp³-hybridized carbons (Fsp3) is 0.179. The Morgan fingerprint density at radius 3 is 2.37 bits per heavy atom. The summed E-state index contributed by atoms with van der Waals surface area (Å²) in [7, 11) is 0. The van der Waals surface area contributed by atoms with Crippen LogP contribution in [0.1, 0.15) is 28.8 Å². The molecule has 7 heteroatoms. The van der Waals surface area contributed by atoms with Crippen LogP contribution >= 0.6 is 0 Å². The third-order valence-corrected chi connectivity index (χ3v) is 6.12. The van der Waals surface area contributed by atoms with Crippen LogP contribution in [-0.4, -0.2) is 45.6 Å². The van der Waals surface area contributed by atoms with Crippen LogP contribution < -0.4 is 5.32 Å². The number of aromatic nitrogens is 2. The van der Waals surface area contributed by atoms with Gasteiger partial charge >= 0.3 is 0 Å². The number of para-hydroxylation sites is 1. The van der Waals surface area contributed by atoms with Crippen LogP contribution in [0.2, 0.25) is 0 Å². The molecule has 2 aromatic heterocycles. The number of likely N-dealkylation sites (tertiary alicyclic amines) is 1. The molecule has 2 amide bonds. The van der Waals surface area contributed by atoms with Gasteiger partial charge in [0.2, 0.25) is 5.91 Å². The van der Waals surface area contributed by atoms with Crippen molar-refractivity contribution in [1.29, 1.82) is 0 Å². The number of nitrogens with one attached hydrogen (secondary N) is 1. The molecular formula is C28H26N4O3. The van der Waals surface area contributed by atoms with Gasteiger partial charge in [0.25, 0.3) is 5.91 Å². The quantitative estimate of drug-likeness (QED) is 0.422. The summed E-state index contributed by atoms with van der Waals surface area (Å²) < 4.78 is 6.83. The lowest BCUT2D eigenvalue weighted by Crippen LogP contribution is -2.46. The van der Waals surface area contributed by atoms with Crippen molar-refractivity contribution in [2.24, 2.45) is 0 Å². The molecule has 1 fully saturated rings. The van der Waals surface area contributed by atoms with E-state index in [4.69, 9.17) is 9.52 Å². The van der Waals surface area contributed by atoms with Crippen LogP contribution in [0.4, 0.5) is 0 Å². The summed E-state index contributed by atoms with van der Waals surface area (Å²) in [4.78, 5) is 27.0. The van der Waals surface area contributed by atoms with Crippen molar-refractivity contribution in [1.82, 2.24) is 20.0 Å². The summed E-state index contributed by atoms with van der Waals surface area (Å²) in [6, 6.07) is 21.5. The molecule has 1 N–H and O–H groups in total. The third-order valence-electron chi connectivity index (χ3n) is 6.12. The van der Waals surface area contributed by atoms with Gasteiger partial charge in [-0.3, -0.25) is 9.59 Å². The van der Waals surface area contributed by atoms with Gasteiger partial charge in [0, 0.05) is 42.5 Å². The number of hydrogen-bond acceptors (Lipinski definition) is 4. The highest BCUT2D eigenvalue weighted by molar-refractivity contribution is 5.94. The fourth-order valence-corrected chi connectivity index (χ4v) is 4.25. The summed E-state index contributed by atoms with van der Waals surface area (Å²) in [5, 5.41) is 7.85. The molecule has 35 heavy (non-hydrogen) atoms. The van der Waals surface area contributed by atoms with E-state index in [1.54, 1.807) is 17.0 Å². The normalized spacial score (nSPS) is 14.3. The number of carbonyl (C=O) groups excluding carboxylic acids is 2. The molecule has 0 saturated carbocycles. The Morgan fingerprint density at radius 2 is 1.69 bits per heavy atom. The lowest BCUT2D eigenvalue weighted by atomic mass is 10.0. The molecule has 3 heterocycles. The summed E-state index contributed by atoms with van der Waals surface area (Å²) in [6.07, 6.45) is 9.68. The monoisotopic (exact) mass is 466 g/mol. The van der Waals surface area contributed by atoms with Crippen LogP contribution in [0.5, 0.6) is 0 Å². The summed E-state index contributed by atoms with van der Waals surface area (Å²) in [5.41, 5.74) is 4.16. The number of carbonyl (C=O) groups is 2. The van der Waals surface area contributed by atoms with Crippen molar-refractivity contribution >= 4 is 17.9 Å². The van der Waals surface area contributed by atoms with Gasteiger partial charge in [-0.2, -0.15) is 5.10 Å². The predicted molar refractivity (Wildman–Crippen MR) is 134 cm³/mol. The Morgan fingerprint density at radius 1 is 0.971 bits per heavy atom. The van der Waals surface area contributed by atoms with Crippen molar-refractivity contribution in [3.05, 3.63) is 103 Å². The topological polar surface area (TPSA) is 80.4 Å². The highest BCUT2D eigenvalue weighted by Crippen LogP contribution is 2.24. The average Bonchev–Trinajstić information content (AvgIpc) is 3.59. The molecular weight excluding hydrogens is 440 g/mol. The first-order valence-corrected chi connectivity index (χ1v) is 11.7. The molecule has 4 aromatic rings. The van der Waals surface area contributed by atoms with E-state index in [0.717, 1.165) is 22.5 Å². The second kappa shape index (κ2) is 10.3. The van der Waals surface area contributed by atoms with Crippen molar-refractivity contribution in [3.8, 4) is 16.9 Å². The van der Waals surface area contributed by atoms with Crippen molar-refractivity contribution in [3.63, 3.8) is 0 Å². The third kappa shape index (κ3) is 5.24. The van der Waals surface area contributed by atoms with Crippen LogP contribution in [0.3, 0.4) is 0 Å². The molecule has 1 saturated heterocycles. The van der Waals surface area contributed by atoms with Gasteiger partial charge in [-0.15, -0.1) is 0 Å². The highest BCUT2D eigenvalue weighted by atomic mass is 16.3. The number of amides is 2. The maximum absolute atomic E-state index is 12.7. The maximum Gasteiger partial charge on any atom is 0.257 e. The number of benzene rings is 2. The van der Waals surface area contributed by atoms with Crippen LogP contribution in [0.15, 0.2) is 95.9 Å². The van der Waals surface area contributed by atoms with E-state index in [0.29, 0.717) is 31.5 Å². The molecule has 0 unspecified atom stereocenters. The minimum atomic E-state index is -0.156. The van der Waals surface area contributed by atoms with Crippen molar-refractivity contribution < 1.29 is 14.0 Å². The smallest absolute Gasteiger partial charge is 0.257 e. The Kier molecular flexibility index (Phi) is 6.57. The Labute approximate surface area is 203 Å². The molecule has 0 spiro atoms. The van der Waals surface area contributed by atoms with Crippen LogP contribution in [-0.2, 0) is 4.79 Å². The lowest BCUT2D eigenvalue weighted by molar-refractivity contribution is -0.117. The first kappa shape index (κ1) is 22.4. The fourth-order valence-electron chi connectivity index (χ4n) is 4.25. The zero-order chi connectivity index (χ0) is 24.0. The summed E-state index contributed by atoms with van der Waals surface area (Å²) >= 11 is 0. The minimum Gasteiger partial charge on any atom is -0.472 e. The summed E-state index contributed by atoms with van der Waals surface area (Å²) in [6.45, 7) is 1.20. The first-order valence-electron chi connectivity index (χ1n) is 11.7. The number of furan rings is 1. The van der Waals surface area contributed by atoms with Gasteiger partial charge in [0.05, 0.1) is 23.2 Å². The van der Waals surface area contributed by atoms with Crippen molar-refractivity contribution in [2.75, 3.05) is 13.1 Å². The zero-order valence-electron chi connectivity index (χ0n) is 19.2. The summed E-state index contributed by atoms with van der Waals surface area (Å²) in [5.74, 6) is -0.191. The maximum atomic E-state index is 12.7. The predicted octanol–water partition coefficient (Wildman–Crippen LogP) is 4.57. The van der Waals surface area contributed by atoms with E-state index in [-0.39, 0.29) is 17.9 Å². The molecule has 1 aliphatic rings. The van der Waals surface area contributed by atoms with Crippen molar-refractivity contribution in [2.45, 2.75) is 18.9 Å². The van der Waals surface area contributed by atoms with E-state index >= 15 is 0 Å². The molecule has 176 valence electrons. The average molecular weight is 467 g/mol. The standard InChI is InChI=1S/C28H26N4O3/c33-26(29-24-13-16-31(17-14-24)28(34)23-15-18-35-20-23)12-11-22-19-32(25-9-5-2-6-10-25)30-27(22)21-7-3-1-4-8-21/h1-12,15,18-20,24H,13-14,16-17H2,(H,29,33)/b12-11+. The molecule has 1 aliphatic heterocycles. The van der Waals surface area contributed by atoms with Gasteiger partial charge in [0.1, 0.15) is 6.26 Å². The number of hydrogen-bond donors (Lipinski definition) is 1. The van der Waals surface area contributed by atoms with Crippen LogP contribution in [0, 0.1) is 0 Å². The Bertz CT molecular complexity index is 1300. The molecule has 0 aliphatic carbocycles. The van der Waals surface area contributed by atoms with Gasteiger partial charge in [-0.1, -0.05) is 48.5 Å². The lowest BCUT2D eigenvalue weighted by Gasteiger charge is -2.32. The molecule has 7 nitrogen and oxygen atoms in total. The second-order valence-electron chi connectivity index (χ2n) is 8.50. The molecule has 0 atom stereocenters. The van der Waals surface area contributed by atoms with E-state index in [1.807, 2.05) is 77.6 Å². The molecule has 0 bridgehead atoms. The minimum absolute atomic E-state index is 0.0289. The van der Waals surface area contributed by atoms with Gasteiger partial charge < -0.3 is 14.6 Å². The van der Waals surface area contributed by atoms with Crippen LogP contribution in [0.25, 0.3) is 23.0 Å². The largest absolute Gasteiger partial charge is 0.472 e. The first-order chi connectivity index (χ1) is 17.2. The van der Waals surface area contributed by atoms with E-state index < -0.39 is 0 Å². The van der Waals surface area contributed by atoms with E-state index in [9.17, 15) is 9.59 Å². The molecule has 2 aromatic carbocycles. The second-order valence-corrected chi connectivity index (χ2v) is 8.50. The van der Waals surface area contributed by atoms with E-state index in [1.165, 1.54) is 12.5 Å². The van der Waals surface area contributed by atoms with E-state index in [2.05, 4.69) is 5.32 Å².